The minimum Gasteiger partial charge on any atom is -0.486 e. The van der Waals surface area contributed by atoms with Gasteiger partial charge in [-0.2, -0.15) is 5.10 Å². The van der Waals surface area contributed by atoms with Crippen molar-refractivity contribution in [2.45, 2.75) is 39.5 Å². The van der Waals surface area contributed by atoms with Crippen molar-refractivity contribution in [2.24, 2.45) is 5.73 Å². The van der Waals surface area contributed by atoms with E-state index in [1.807, 2.05) is 35.9 Å². The molecule has 0 aliphatic carbocycles. The molecule has 0 amide bonds. The SMILES string of the molecule is CCCn1ncnc1COc1ccc([C@@H](C)N)cc1. The average Bonchev–Trinajstić information content (AvgIpc) is 2.85. The summed E-state index contributed by atoms with van der Waals surface area (Å²) in [6, 6.07) is 7.87. The van der Waals surface area contributed by atoms with Crippen LogP contribution in [0, 0.1) is 0 Å². The third-order valence-electron chi connectivity index (χ3n) is 2.90. The second-order valence-electron chi connectivity index (χ2n) is 4.55. The number of rotatable bonds is 6. The van der Waals surface area contributed by atoms with Gasteiger partial charge in [-0.05, 0) is 31.0 Å². The predicted octanol–water partition coefficient (Wildman–Crippen LogP) is 2.29. The summed E-state index contributed by atoms with van der Waals surface area (Å²) in [4.78, 5) is 4.20. The second kappa shape index (κ2) is 6.33. The highest BCUT2D eigenvalue weighted by atomic mass is 16.5. The lowest BCUT2D eigenvalue weighted by Gasteiger charge is -2.09. The molecule has 5 nitrogen and oxygen atoms in total. The summed E-state index contributed by atoms with van der Waals surface area (Å²) in [5.74, 6) is 1.66. The van der Waals surface area contributed by atoms with E-state index in [0.717, 1.165) is 30.1 Å². The standard InChI is InChI=1S/C14H20N4O/c1-3-8-18-14(16-10-17-18)9-19-13-6-4-12(5-7-13)11(2)15/h4-7,10-11H,3,8-9,15H2,1-2H3/t11-/m1/s1. The van der Waals surface area contributed by atoms with Gasteiger partial charge in [-0.15, -0.1) is 0 Å². The van der Waals surface area contributed by atoms with E-state index in [0.29, 0.717) is 6.61 Å². The third kappa shape index (κ3) is 3.54. The van der Waals surface area contributed by atoms with Crippen molar-refractivity contribution in [1.82, 2.24) is 14.8 Å². The van der Waals surface area contributed by atoms with E-state index < -0.39 is 0 Å². The highest BCUT2D eigenvalue weighted by Crippen LogP contribution is 2.16. The monoisotopic (exact) mass is 260 g/mol. The first-order chi connectivity index (χ1) is 9.20. The van der Waals surface area contributed by atoms with Gasteiger partial charge in [0.2, 0.25) is 0 Å². The Morgan fingerprint density at radius 1 is 1.32 bits per heavy atom. The molecule has 1 heterocycles. The fourth-order valence-corrected chi connectivity index (χ4v) is 1.81. The largest absolute Gasteiger partial charge is 0.486 e. The molecule has 19 heavy (non-hydrogen) atoms. The van der Waals surface area contributed by atoms with Crippen LogP contribution in [0.25, 0.3) is 0 Å². The molecule has 0 bridgehead atoms. The number of hydrogen-bond acceptors (Lipinski definition) is 4. The molecule has 0 fully saturated rings. The normalized spacial score (nSPS) is 12.4. The van der Waals surface area contributed by atoms with Crippen molar-refractivity contribution in [1.29, 1.82) is 0 Å². The summed E-state index contributed by atoms with van der Waals surface area (Å²) >= 11 is 0. The molecule has 1 aromatic carbocycles. The Labute approximate surface area is 113 Å². The van der Waals surface area contributed by atoms with E-state index in [1.165, 1.54) is 0 Å². The Kier molecular flexibility index (Phi) is 4.52. The number of ether oxygens (including phenoxy) is 1. The maximum absolute atomic E-state index is 5.81. The minimum atomic E-state index is 0.0432. The van der Waals surface area contributed by atoms with Crippen molar-refractivity contribution in [3.05, 3.63) is 42.0 Å². The van der Waals surface area contributed by atoms with Crippen LogP contribution in [-0.4, -0.2) is 14.8 Å². The molecule has 0 saturated carbocycles. The molecule has 1 atom stereocenters. The van der Waals surface area contributed by atoms with Crippen LogP contribution in [0.5, 0.6) is 5.75 Å². The smallest absolute Gasteiger partial charge is 0.164 e. The van der Waals surface area contributed by atoms with Gasteiger partial charge in [0.25, 0.3) is 0 Å². The van der Waals surface area contributed by atoms with E-state index in [9.17, 15) is 0 Å². The molecule has 102 valence electrons. The molecule has 0 aliphatic rings. The first-order valence-corrected chi connectivity index (χ1v) is 6.55. The molecule has 1 aromatic heterocycles. The van der Waals surface area contributed by atoms with Crippen LogP contribution < -0.4 is 10.5 Å². The van der Waals surface area contributed by atoms with E-state index >= 15 is 0 Å². The highest BCUT2D eigenvalue weighted by Gasteiger charge is 2.05. The van der Waals surface area contributed by atoms with Gasteiger partial charge in [-0.1, -0.05) is 19.1 Å². The lowest BCUT2D eigenvalue weighted by atomic mass is 10.1. The van der Waals surface area contributed by atoms with E-state index in [2.05, 4.69) is 17.0 Å². The molecule has 0 spiro atoms. The molecular formula is C14H20N4O. The van der Waals surface area contributed by atoms with Gasteiger partial charge in [0, 0.05) is 12.6 Å². The number of hydrogen-bond donors (Lipinski definition) is 1. The van der Waals surface area contributed by atoms with Crippen molar-refractivity contribution in [3.63, 3.8) is 0 Å². The summed E-state index contributed by atoms with van der Waals surface area (Å²) in [7, 11) is 0. The molecule has 0 unspecified atom stereocenters. The van der Waals surface area contributed by atoms with Gasteiger partial charge in [0.15, 0.2) is 5.82 Å². The highest BCUT2D eigenvalue weighted by molar-refractivity contribution is 5.28. The number of benzene rings is 1. The summed E-state index contributed by atoms with van der Waals surface area (Å²) in [5, 5.41) is 4.16. The summed E-state index contributed by atoms with van der Waals surface area (Å²) in [5.41, 5.74) is 6.90. The quantitative estimate of drug-likeness (QED) is 0.865. The van der Waals surface area contributed by atoms with Crippen molar-refractivity contribution >= 4 is 0 Å². The average molecular weight is 260 g/mol. The summed E-state index contributed by atoms with van der Waals surface area (Å²) in [6.07, 6.45) is 2.59. The van der Waals surface area contributed by atoms with Crippen LogP contribution in [0.2, 0.25) is 0 Å². The van der Waals surface area contributed by atoms with Gasteiger partial charge < -0.3 is 10.5 Å². The Balaban J connectivity index is 1.96. The fraction of sp³-hybridized carbons (Fsp3) is 0.429. The zero-order valence-electron chi connectivity index (χ0n) is 11.4. The van der Waals surface area contributed by atoms with Gasteiger partial charge in [-0.3, -0.25) is 0 Å². The number of nitrogens with two attached hydrogens (primary N) is 1. The second-order valence-corrected chi connectivity index (χ2v) is 4.55. The maximum atomic E-state index is 5.81. The van der Waals surface area contributed by atoms with Gasteiger partial charge >= 0.3 is 0 Å². The molecule has 0 saturated heterocycles. The number of nitrogens with zero attached hydrogens (tertiary/aromatic N) is 3. The number of aromatic nitrogens is 3. The lowest BCUT2D eigenvalue weighted by Crippen LogP contribution is -2.08. The predicted molar refractivity (Wildman–Crippen MR) is 73.7 cm³/mol. The lowest BCUT2D eigenvalue weighted by molar-refractivity contribution is 0.286. The molecule has 2 rings (SSSR count). The van der Waals surface area contributed by atoms with Crippen LogP contribution in [-0.2, 0) is 13.2 Å². The summed E-state index contributed by atoms with van der Waals surface area (Å²) in [6.45, 7) is 5.36. The van der Waals surface area contributed by atoms with Crippen LogP contribution in [0.4, 0.5) is 0 Å². The molecule has 2 N–H and O–H groups in total. The molecule has 0 aliphatic heterocycles. The fourth-order valence-electron chi connectivity index (χ4n) is 1.81. The Hall–Kier alpha value is -1.88. The van der Waals surface area contributed by atoms with Gasteiger partial charge in [-0.25, -0.2) is 9.67 Å². The van der Waals surface area contributed by atoms with Crippen molar-refractivity contribution in [2.75, 3.05) is 0 Å². The zero-order chi connectivity index (χ0) is 13.7. The van der Waals surface area contributed by atoms with Crippen molar-refractivity contribution in [3.8, 4) is 5.75 Å². The zero-order valence-corrected chi connectivity index (χ0v) is 11.4. The van der Waals surface area contributed by atoms with Crippen LogP contribution in [0.3, 0.4) is 0 Å². The molecule has 5 heteroatoms. The minimum absolute atomic E-state index is 0.0432. The topological polar surface area (TPSA) is 66.0 Å². The van der Waals surface area contributed by atoms with E-state index in [-0.39, 0.29) is 6.04 Å². The maximum Gasteiger partial charge on any atom is 0.164 e. The van der Waals surface area contributed by atoms with Crippen molar-refractivity contribution < 1.29 is 4.74 Å². The van der Waals surface area contributed by atoms with E-state index in [4.69, 9.17) is 10.5 Å². The molecule has 2 aromatic rings. The first kappa shape index (κ1) is 13.5. The van der Waals surface area contributed by atoms with Gasteiger partial charge in [0.1, 0.15) is 18.7 Å². The van der Waals surface area contributed by atoms with E-state index in [1.54, 1.807) is 6.33 Å². The Morgan fingerprint density at radius 2 is 2.05 bits per heavy atom. The Morgan fingerprint density at radius 3 is 2.68 bits per heavy atom. The van der Waals surface area contributed by atoms with Crippen LogP contribution in [0.15, 0.2) is 30.6 Å². The molecule has 0 radical (unpaired) electrons. The Bertz CT molecular complexity index is 504. The summed E-state index contributed by atoms with van der Waals surface area (Å²) < 4.78 is 7.58. The molecular weight excluding hydrogens is 240 g/mol. The first-order valence-electron chi connectivity index (χ1n) is 6.55. The third-order valence-corrected chi connectivity index (χ3v) is 2.90. The van der Waals surface area contributed by atoms with Gasteiger partial charge in [0.05, 0.1) is 0 Å². The number of aryl methyl sites for hydroxylation is 1. The van der Waals surface area contributed by atoms with Crippen LogP contribution in [0.1, 0.15) is 37.7 Å². The van der Waals surface area contributed by atoms with Crippen LogP contribution >= 0.6 is 0 Å².